The smallest absolute Gasteiger partial charge is 0.411 e. The summed E-state index contributed by atoms with van der Waals surface area (Å²) in [6.07, 6.45) is -0.942. The Morgan fingerprint density at radius 2 is 1.66 bits per heavy atom. The SMILES string of the molecule is O=C(Nc1cc(F)c(Oc2ccc(F)cc2)cc1C(=O)O)OCc1ccccc1. The molecule has 29 heavy (non-hydrogen) atoms. The molecule has 0 atom stereocenters. The van der Waals surface area contributed by atoms with Gasteiger partial charge in [0.05, 0.1) is 11.3 Å². The molecule has 0 aliphatic rings. The molecule has 0 unspecified atom stereocenters. The average molecular weight is 399 g/mol. The zero-order chi connectivity index (χ0) is 20.8. The van der Waals surface area contributed by atoms with Crippen molar-refractivity contribution in [2.24, 2.45) is 0 Å². The summed E-state index contributed by atoms with van der Waals surface area (Å²) in [4.78, 5) is 23.5. The molecule has 0 bridgehead atoms. The van der Waals surface area contributed by atoms with Crippen LogP contribution >= 0.6 is 0 Å². The summed E-state index contributed by atoms with van der Waals surface area (Å²) in [6, 6.07) is 15.3. The van der Waals surface area contributed by atoms with Crippen molar-refractivity contribution in [1.29, 1.82) is 0 Å². The topological polar surface area (TPSA) is 84.9 Å². The van der Waals surface area contributed by atoms with Gasteiger partial charge < -0.3 is 14.6 Å². The lowest BCUT2D eigenvalue weighted by molar-refractivity contribution is 0.0697. The third-order valence-corrected chi connectivity index (χ3v) is 3.79. The van der Waals surface area contributed by atoms with Crippen LogP contribution in [0.15, 0.2) is 66.7 Å². The van der Waals surface area contributed by atoms with Gasteiger partial charge in [0.25, 0.3) is 0 Å². The van der Waals surface area contributed by atoms with E-state index in [9.17, 15) is 23.5 Å². The van der Waals surface area contributed by atoms with Crippen molar-refractivity contribution in [3.63, 3.8) is 0 Å². The lowest BCUT2D eigenvalue weighted by Crippen LogP contribution is -2.16. The van der Waals surface area contributed by atoms with Crippen molar-refractivity contribution >= 4 is 17.7 Å². The second-order valence-corrected chi connectivity index (χ2v) is 5.88. The second-order valence-electron chi connectivity index (χ2n) is 5.88. The van der Waals surface area contributed by atoms with Gasteiger partial charge in [-0.3, -0.25) is 5.32 Å². The molecule has 6 nitrogen and oxygen atoms in total. The van der Waals surface area contributed by atoms with Gasteiger partial charge in [-0.1, -0.05) is 30.3 Å². The van der Waals surface area contributed by atoms with E-state index in [4.69, 9.17) is 9.47 Å². The molecule has 3 aromatic rings. The molecule has 3 aromatic carbocycles. The van der Waals surface area contributed by atoms with Crippen LogP contribution in [0.5, 0.6) is 11.5 Å². The number of ether oxygens (including phenoxy) is 2. The fourth-order valence-corrected chi connectivity index (χ4v) is 2.41. The number of benzene rings is 3. The number of amides is 1. The standard InChI is InChI=1S/C21H15F2NO5/c22-14-6-8-15(9-7-14)29-19-10-16(20(25)26)18(11-17(19)23)24-21(27)28-12-13-4-2-1-3-5-13/h1-11H,12H2,(H,24,27)(H,25,26). The van der Waals surface area contributed by atoms with Gasteiger partial charge in [-0.05, 0) is 29.8 Å². The summed E-state index contributed by atoms with van der Waals surface area (Å²) in [7, 11) is 0. The molecule has 0 aliphatic heterocycles. The maximum absolute atomic E-state index is 14.4. The van der Waals surface area contributed by atoms with Gasteiger partial charge in [-0.15, -0.1) is 0 Å². The van der Waals surface area contributed by atoms with Crippen LogP contribution in [-0.2, 0) is 11.3 Å². The number of carboxylic acid groups (broad SMARTS) is 1. The highest BCUT2D eigenvalue weighted by Gasteiger charge is 2.19. The molecule has 0 aliphatic carbocycles. The normalized spacial score (nSPS) is 10.3. The van der Waals surface area contributed by atoms with Crippen LogP contribution in [0.4, 0.5) is 19.3 Å². The number of hydrogen-bond donors (Lipinski definition) is 2. The van der Waals surface area contributed by atoms with Crippen LogP contribution in [-0.4, -0.2) is 17.2 Å². The van der Waals surface area contributed by atoms with E-state index in [2.05, 4.69) is 5.32 Å². The number of hydrogen-bond acceptors (Lipinski definition) is 4. The summed E-state index contributed by atoms with van der Waals surface area (Å²) < 4.78 is 37.6. The second kappa shape index (κ2) is 8.83. The minimum absolute atomic E-state index is 0.0384. The van der Waals surface area contributed by atoms with Crippen molar-refractivity contribution in [3.05, 3.63) is 89.5 Å². The first-order valence-corrected chi connectivity index (χ1v) is 8.40. The van der Waals surface area contributed by atoms with E-state index in [1.165, 1.54) is 12.1 Å². The summed E-state index contributed by atoms with van der Waals surface area (Å²) in [5, 5.41) is 11.6. The van der Waals surface area contributed by atoms with Gasteiger partial charge in [-0.2, -0.15) is 0 Å². The lowest BCUT2D eigenvalue weighted by Gasteiger charge is -2.13. The number of rotatable bonds is 6. The van der Waals surface area contributed by atoms with E-state index in [0.717, 1.165) is 29.8 Å². The Morgan fingerprint density at radius 1 is 0.966 bits per heavy atom. The molecular formula is C21H15F2NO5. The van der Waals surface area contributed by atoms with Crippen LogP contribution in [0.3, 0.4) is 0 Å². The third-order valence-electron chi connectivity index (χ3n) is 3.79. The summed E-state index contributed by atoms with van der Waals surface area (Å²) in [5.41, 5.74) is 0.0371. The molecule has 0 aromatic heterocycles. The minimum atomic E-state index is -1.41. The number of nitrogens with one attached hydrogen (secondary N) is 1. The van der Waals surface area contributed by atoms with Gasteiger partial charge >= 0.3 is 12.1 Å². The first-order valence-electron chi connectivity index (χ1n) is 8.40. The number of anilines is 1. The molecular weight excluding hydrogens is 384 g/mol. The fourth-order valence-electron chi connectivity index (χ4n) is 2.41. The Balaban J connectivity index is 1.76. The highest BCUT2D eigenvalue weighted by atomic mass is 19.1. The number of carboxylic acids is 1. The average Bonchev–Trinajstić information content (AvgIpc) is 2.70. The summed E-state index contributed by atoms with van der Waals surface area (Å²) in [6.45, 7) is -0.0384. The van der Waals surface area contributed by atoms with Crippen molar-refractivity contribution in [3.8, 4) is 11.5 Å². The monoisotopic (exact) mass is 399 g/mol. The molecule has 3 rings (SSSR count). The van der Waals surface area contributed by atoms with Crippen LogP contribution in [0.2, 0.25) is 0 Å². The maximum Gasteiger partial charge on any atom is 0.411 e. The number of carbonyl (C=O) groups excluding carboxylic acids is 1. The van der Waals surface area contributed by atoms with E-state index < -0.39 is 35.0 Å². The molecule has 148 valence electrons. The quantitative estimate of drug-likeness (QED) is 0.595. The molecule has 0 spiro atoms. The zero-order valence-electron chi connectivity index (χ0n) is 14.9. The molecule has 2 N–H and O–H groups in total. The molecule has 8 heteroatoms. The number of aromatic carboxylic acids is 1. The van der Waals surface area contributed by atoms with E-state index in [1.54, 1.807) is 30.3 Å². The van der Waals surface area contributed by atoms with Crippen LogP contribution in [0.1, 0.15) is 15.9 Å². The first-order chi connectivity index (χ1) is 13.9. The van der Waals surface area contributed by atoms with Crippen LogP contribution in [0, 0.1) is 11.6 Å². The van der Waals surface area contributed by atoms with Crippen LogP contribution in [0.25, 0.3) is 0 Å². The van der Waals surface area contributed by atoms with Gasteiger partial charge in [0.1, 0.15) is 18.2 Å². The van der Waals surface area contributed by atoms with Crippen molar-refractivity contribution in [1.82, 2.24) is 0 Å². The molecule has 0 saturated carbocycles. The number of halogens is 2. The third kappa shape index (κ3) is 5.29. The Morgan fingerprint density at radius 3 is 2.31 bits per heavy atom. The Kier molecular flexibility index (Phi) is 6.03. The van der Waals surface area contributed by atoms with Crippen molar-refractivity contribution in [2.45, 2.75) is 6.61 Å². The number of carbonyl (C=O) groups is 2. The fraction of sp³-hybridized carbons (Fsp3) is 0.0476. The summed E-state index contributed by atoms with van der Waals surface area (Å²) >= 11 is 0. The summed E-state index contributed by atoms with van der Waals surface area (Å²) in [5.74, 6) is -3.11. The molecule has 0 saturated heterocycles. The van der Waals surface area contributed by atoms with Gasteiger partial charge in [-0.25, -0.2) is 18.4 Å². The Hall–Kier alpha value is -3.94. The van der Waals surface area contributed by atoms with Gasteiger partial charge in [0, 0.05) is 12.1 Å². The lowest BCUT2D eigenvalue weighted by atomic mass is 10.1. The van der Waals surface area contributed by atoms with Gasteiger partial charge in [0.2, 0.25) is 0 Å². The molecule has 1 amide bonds. The van der Waals surface area contributed by atoms with E-state index in [0.29, 0.717) is 0 Å². The highest BCUT2D eigenvalue weighted by Crippen LogP contribution is 2.30. The zero-order valence-corrected chi connectivity index (χ0v) is 14.9. The van der Waals surface area contributed by atoms with Crippen LogP contribution < -0.4 is 10.1 Å². The van der Waals surface area contributed by atoms with Crippen molar-refractivity contribution in [2.75, 3.05) is 5.32 Å². The predicted octanol–water partition coefficient (Wildman–Crippen LogP) is 5.20. The Bertz CT molecular complexity index is 1020. The van der Waals surface area contributed by atoms with E-state index >= 15 is 0 Å². The van der Waals surface area contributed by atoms with Crippen molar-refractivity contribution < 1.29 is 33.0 Å². The first kappa shape index (κ1) is 19.8. The van der Waals surface area contributed by atoms with E-state index in [-0.39, 0.29) is 18.0 Å². The maximum atomic E-state index is 14.4. The molecule has 0 heterocycles. The highest BCUT2D eigenvalue weighted by molar-refractivity contribution is 5.99. The largest absolute Gasteiger partial charge is 0.478 e. The molecule has 0 fully saturated rings. The minimum Gasteiger partial charge on any atom is -0.478 e. The van der Waals surface area contributed by atoms with Gasteiger partial charge in [0.15, 0.2) is 11.6 Å². The molecule has 0 radical (unpaired) electrons. The van der Waals surface area contributed by atoms with E-state index in [1.807, 2.05) is 0 Å². The predicted molar refractivity (Wildman–Crippen MR) is 100 cm³/mol. The Labute approximate surface area is 164 Å².